The Balaban J connectivity index is 1.37. The van der Waals surface area contributed by atoms with Crippen LogP contribution >= 0.6 is 0 Å². The summed E-state index contributed by atoms with van der Waals surface area (Å²) < 4.78 is 72.1. The van der Waals surface area contributed by atoms with Crippen molar-refractivity contribution in [2.75, 3.05) is 6.54 Å². The summed E-state index contributed by atoms with van der Waals surface area (Å²) in [6.45, 7) is 0.165. The van der Waals surface area contributed by atoms with Gasteiger partial charge in [0.05, 0.1) is 35.0 Å². The first-order valence-corrected chi connectivity index (χ1v) is 10.8. The smallest absolute Gasteiger partial charge is 0.412 e. The van der Waals surface area contributed by atoms with Crippen LogP contribution < -0.4 is 0 Å². The zero-order valence-electron chi connectivity index (χ0n) is 18.4. The molecule has 16 heteroatoms. The van der Waals surface area contributed by atoms with Crippen LogP contribution in [0.3, 0.4) is 0 Å². The molecule has 37 heavy (non-hydrogen) atoms. The van der Waals surface area contributed by atoms with Gasteiger partial charge in [0.1, 0.15) is 6.04 Å². The molecule has 6 heterocycles. The van der Waals surface area contributed by atoms with Gasteiger partial charge in [0, 0.05) is 36.6 Å². The summed E-state index contributed by atoms with van der Waals surface area (Å²) in [4.78, 5) is 22.1. The summed E-state index contributed by atoms with van der Waals surface area (Å²) >= 11 is 0. The Bertz CT molecular complexity index is 1620. The van der Waals surface area contributed by atoms with E-state index in [1.165, 1.54) is 40.1 Å². The molecule has 190 valence electrons. The maximum Gasteiger partial charge on any atom is 0.504 e. The molecule has 0 saturated heterocycles. The molecule has 0 fully saturated rings. The van der Waals surface area contributed by atoms with Gasteiger partial charge in [-0.2, -0.15) is 14.9 Å². The Hall–Kier alpha value is -4.63. The number of fused-ring (bicyclic) bond motifs is 2. The first kappa shape index (κ1) is 22.8. The maximum absolute atomic E-state index is 13.6. The summed E-state index contributed by atoms with van der Waals surface area (Å²) in [5, 5.41) is 15.0. The fraction of sp³-hybridized carbons (Fsp3) is 0.238. The molecule has 1 aliphatic rings. The monoisotopic (exact) mass is 519 g/mol. The van der Waals surface area contributed by atoms with Crippen LogP contribution in [-0.4, -0.2) is 56.9 Å². The molecule has 1 amide bonds. The molecule has 0 bridgehead atoms. The minimum absolute atomic E-state index is 0.131. The lowest BCUT2D eigenvalue weighted by atomic mass is 9.99. The summed E-state index contributed by atoms with van der Waals surface area (Å²) in [5.74, 6) is -1.54. The van der Waals surface area contributed by atoms with E-state index in [-0.39, 0.29) is 39.5 Å². The van der Waals surface area contributed by atoms with Crippen LogP contribution in [0, 0.1) is 0 Å². The molecule has 1 N–H and O–H groups in total. The number of carbonyl (C=O) groups excluding carboxylic acids is 1. The van der Waals surface area contributed by atoms with Crippen molar-refractivity contribution < 1.29 is 31.2 Å². The zero-order valence-corrected chi connectivity index (χ0v) is 18.4. The predicted octanol–water partition coefficient (Wildman–Crippen LogP) is 3.51. The van der Waals surface area contributed by atoms with Crippen LogP contribution in [0.1, 0.15) is 45.8 Å². The highest BCUT2D eigenvalue weighted by atomic mass is 19.4. The van der Waals surface area contributed by atoms with Crippen LogP contribution in [0.5, 0.6) is 0 Å². The van der Waals surface area contributed by atoms with Gasteiger partial charge in [-0.15, -0.1) is 23.4 Å². The van der Waals surface area contributed by atoms with E-state index in [1.807, 2.05) is 0 Å². The molecule has 6 rings (SSSR count). The summed E-state index contributed by atoms with van der Waals surface area (Å²) in [7, 11) is 0. The minimum atomic E-state index is -4.74. The van der Waals surface area contributed by atoms with Crippen molar-refractivity contribution in [1.82, 2.24) is 44.5 Å². The number of hydrogen-bond donors (Lipinski definition) is 1. The molecule has 1 aliphatic heterocycles. The van der Waals surface area contributed by atoms with E-state index in [4.69, 9.17) is 4.42 Å². The first-order valence-electron chi connectivity index (χ1n) is 10.8. The minimum Gasteiger partial charge on any atom is -0.412 e. The Morgan fingerprint density at radius 1 is 1.24 bits per heavy atom. The van der Waals surface area contributed by atoms with Gasteiger partial charge in [0.15, 0.2) is 0 Å². The van der Waals surface area contributed by atoms with Crippen LogP contribution in [0.2, 0.25) is 0 Å². The number of amides is 1. The fourth-order valence-corrected chi connectivity index (χ4v) is 4.29. The van der Waals surface area contributed by atoms with Gasteiger partial charge in [-0.1, -0.05) is 0 Å². The van der Waals surface area contributed by atoms with E-state index in [1.54, 1.807) is 0 Å². The number of nitrogens with zero attached hydrogens (tertiary/aromatic N) is 8. The average Bonchev–Trinajstić information content (AvgIpc) is 3.66. The number of imidazole rings is 1. The number of aromatic nitrogens is 8. The predicted molar refractivity (Wildman–Crippen MR) is 112 cm³/mol. The second-order valence-corrected chi connectivity index (χ2v) is 8.13. The SMILES string of the molecule is O=C(c1nnc(-c2cnn(C(F)(F)F)c2)o1)N1CCc2[nH]cnc2C1c1cc2c(C(F)F)cccn2n1. The quantitative estimate of drug-likeness (QED) is 0.361. The zero-order chi connectivity index (χ0) is 25.9. The Morgan fingerprint density at radius 3 is 2.84 bits per heavy atom. The van der Waals surface area contributed by atoms with Crippen LogP contribution in [0.15, 0.2) is 47.5 Å². The van der Waals surface area contributed by atoms with Gasteiger partial charge in [0.25, 0.3) is 12.3 Å². The van der Waals surface area contributed by atoms with E-state index in [0.717, 1.165) is 11.9 Å². The van der Waals surface area contributed by atoms with Crippen molar-refractivity contribution in [2.45, 2.75) is 25.2 Å². The number of halogens is 5. The largest absolute Gasteiger partial charge is 0.504 e. The highest BCUT2D eigenvalue weighted by Crippen LogP contribution is 2.36. The average molecular weight is 519 g/mol. The second-order valence-electron chi connectivity index (χ2n) is 8.13. The molecule has 0 aromatic carbocycles. The third-order valence-electron chi connectivity index (χ3n) is 5.95. The highest BCUT2D eigenvalue weighted by Gasteiger charge is 2.39. The highest BCUT2D eigenvalue weighted by molar-refractivity contribution is 5.90. The summed E-state index contributed by atoms with van der Waals surface area (Å²) in [6, 6.07) is 3.31. The Kier molecular flexibility index (Phi) is 5.06. The van der Waals surface area contributed by atoms with Crippen molar-refractivity contribution in [1.29, 1.82) is 0 Å². The maximum atomic E-state index is 13.6. The van der Waals surface area contributed by atoms with Gasteiger partial charge in [0.2, 0.25) is 0 Å². The van der Waals surface area contributed by atoms with Crippen LogP contribution in [0.25, 0.3) is 17.0 Å². The fourth-order valence-electron chi connectivity index (χ4n) is 4.29. The topological polar surface area (TPSA) is 123 Å². The van der Waals surface area contributed by atoms with E-state index < -0.39 is 30.6 Å². The summed E-state index contributed by atoms with van der Waals surface area (Å²) in [5.41, 5.74) is 1.30. The Morgan fingerprint density at radius 2 is 2.08 bits per heavy atom. The van der Waals surface area contributed by atoms with E-state index in [2.05, 4.69) is 30.4 Å². The van der Waals surface area contributed by atoms with Gasteiger partial charge < -0.3 is 14.3 Å². The van der Waals surface area contributed by atoms with Crippen LogP contribution in [-0.2, 0) is 12.7 Å². The number of pyridine rings is 1. The molecule has 5 aromatic rings. The van der Waals surface area contributed by atoms with Crippen molar-refractivity contribution in [2.24, 2.45) is 0 Å². The molecule has 5 aromatic heterocycles. The van der Waals surface area contributed by atoms with Gasteiger partial charge in [-0.05, 0) is 18.2 Å². The van der Waals surface area contributed by atoms with Crippen LogP contribution in [0.4, 0.5) is 22.0 Å². The molecule has 0 radical (unpaired) electrons. The molecule has 1 atom stereocenters. The van der Waals surface area contributed by atoms with E-state index in [9.17, 15) is 26.7 Å². The normalized spacial score (nSPS) is 16.1. The molecule has 11 nitrogen and oxygen atoms in total. The number of rotatable bonds is 4. The van der Waals surface area contributed by atoms with E-state index in [0.29, 0.717) is 18.3 Å². The third kappa shape index (κ3) is 3.80. The molecular formula is C21H14F5N9O2. The lowest BCUT2D eigenvalue weighted by Crippen LogP contribution is -2.41. The number of nitrogens with one attached hydrogen (secondary N) is 1. The van der Waals surface area contributed by atoms with Crippen molar-refractivity contribution in [3.05, 3.63) is 71.7 Å². The number of aromatic amines is 1. The standard InChI is InChI=1S/C21H14F5N9O2/c22-17(23)11-2-1-4-34-14(11)6-13(32-34)16-15-12(27-9-28-15)3-5-33(16)20(36)19-31-30-18(37-19)10-7-29-35(8-10)21(24,25)26/h1-2,4,6-9,16-17H,3,5H2,(H,27,28). The lowest BCUT2D eigenvalue weighted by molar-refractivity contribution is -0.212. The Labute approximate surface area is 202 Å². The molecule has 0 spiro atoms. The van der Waals surface area contributed by atoms with Crippen molar-refractivity contribution in [3.8, 4) is 11.5 Å². The number of carbonyl (C=O) groups is 1. The molecule has 0 saturated carbocycles. The lowest BCUT2D eigenvalue weighted by Gasteiger charge is -2.32. The van der Waals surface area contributed by atoms with E-state index >= 15 is 0 Å². The summed E-state index contributed by atoms with van der Waals surface area (Å²) in [6.07, 6.45) is -2.59. The number of hydrogen-bond acceptors (Lipinski definition) is 7. The molecule has 0 aliphatic carbocycles. The first-order chi connectivity index (χ1) is 17.7. The third-order valence-corrected chi connectivity index (χ3v) is 5.95. The number of H-pyrrole nitrogens is 1. The molecular weight excluding hydrogens is 505 g/mol. The second kappa shape index (κ2) is 8.21. The van der Waals surface area contributed by atoms with Crippen molar-refractivity contribution >= 4 is 11.4 Å². The van der Waals surface area contributed by atoms with Gasteiger partial charge in [-0.25, -0.2) is 18.3 Å². The van der Waals surface area contributed by atoms with Gasteiger partial charge >= 0.3 is 18.1 Å². The van der Waals surface area contributed by atoms with Crippen molar-refractivity contribution in [3.63, 3.8) is 0 Å². The van der Waals surface area contributed by atoms with Gasteiger partial charge in [-0.3, -0.25) is 4.79 Å². The molecule has 1 unspecified atom stereocenters. The number of alkyl halides is 5.